The fourth-order valence-corrected chi connectivity index (χ4v) is 3.34. The van der Waals surface area contributed by atoms with Crippen LogP contribution in [0.4, 0.5) is 0 Å². The van der Waals surface area contributed by atoms with Gasteiger partial charge in [0, 0.05) is 18.4 Å². The van der Waals surface area contributed by atoms with Crippen LogP contribution in [0.5, 0.6) is 0 Å². The molecule has 1 N–H and O–H groups in total. The number of benzene rings is 1. The number of hydrogen-bond acceptors (Lipinski definition) is 5. The smallest absolute Gasteiger partial charge is 0.338 e. The number of carbonyl (C=O) groups excluding carboxylic acids is 2. The summed E-state index contributed by atoms with van der Waals surface area (Å²) in [7, 11) is 0. The number of carbonyl (C=O) groups is 2. The van der Waals surface area contributed by atoms with Gasteiger partial charge >= 0.3 is 5.97 Å². The van der Waals surface area contributed by atoms with Gasteiger partial charge in [0.25, 0.3) is 5.91 Å². The third-order valence-corrected chi connectivity index (χ3v) is 5.09. The zero-order chi connectivity index (χ0) is 17.8. The van der Waals surface area contributed by atoms with Gasteiger partial charge in [-0.2, -0.15) is 0 Å². The van der Waals surface area contributed by atoms with Crippen molar-refractivity contribution in [3.05, 3.63) is 36.2 Å². The summed E-state index contributed by atoms with van der Waals surface area (Å²) in [5, 5.41) is 3.00. The van der Waals surface area contributed by atoms with Crippen LogP contribution in [0.2, 0.25) is 0 Å². The van der Waals surface area contributed by atoms with Crippen molar-refractivity contribution in [1.29, 1.82) is 0 Å². The molecular weight excluding hydrogens is 318 g/mol. The first-order valence-electron chi connectivity index (χ1n) is 8.72. The molecule has 1 aromatic carbocycles. The van der Waals surface area contributed by atoms with E-state index in [1.807, 2.05) is 0 Å². The second-order valence-corrected chi connectivity index (χ2v) is 6.78. The monoisotopic (exact) mass is 341 g/mol. The molecule has 0 unspecified atom stereocenters. The lowest BCUT2D eigenvalue weighted by atomic mass is 9.78. The maximum absolute atomic E-state index is 12.2. The molecule has 1 saturated carbocycles. The molecule has 6 nitrogen and oxygen atoms in total. The van der Waals surface area contributed by atoms with Crippen LogP contribution >= 0.6 is 0 Å². The van der Waals surface area contributed by atoms with Gasteiger partial charge in [0.05, 0.1) is 16.6 Å². The summed E-state index contributed by atoms with van der Waals surface area (Å²) in [4.78, 5) is 32.6. The van der Waals surface area contributed by atoms with Crippen LogP contribution in [0.1, 0.15) is 43.5 Å². The molecule has 6 heteroatoms. The predicted molar refractivity (Wildman–Crippen MR) is 93.9 cm³/mol. The van der Waals surface area contributed by atoms with E-state index in [0.29, 0.717) is 28.4 Å². The molecule has 0 spiro atoms. The predicted octanol–water partition coefficient (Wildman–Crippen LogP) is 2.73. The number of nitrogens with zero attached hydrogens (tertiary/aromatic N) is 2. The van der Waals surface area contributed by atoms with Crippen LogP contribution in [0.15, 0.2) is 30.6 Å². The molecule has 1 aromatic heterocycles. The van der Waals surface area contributed by atoms with E-state index >= 15 is 0 Å². The molecule has 3 atom stereocenters. The summed E-state index contributed by atoms with van der Waals surface area (Å²) in [6.07, 6.45) is 6.46. The highest BCUT2D eigenvalue weighted by Gasteiger charge is 2.28. The Balaban J connectivity index is 1.55. The highest BCUT2D eigenvalue weighted by Crippen LogP contribution is 2.29. The van der Waals surface area contributed by atoms with Gasteiger partial charge in [0.2, 0.25) is 0 Å². The van der Waals surface area contributed by atoms with E-state index < -0.39 is 5.97 Å². The van der Waals surface area contributed by atoms with E-state index in [2.05, 4.69) is 29.1 Å². The first-order valence-corrected chi connectivity index (χ1v) is 8.72. The maximum atomic E-state index is 12.2. The molecule has 0 bridgehead atoms. The largest absolute Gasteiger partial charge is 0.452 e. The van der Waals surface area contributed by atoms with E-state index in [9.17, 15) is 9.59 Å². The van der Waals surface area contributed by atoms with E-state index in [-0.39, 0.29) is 18.6 Å². The minimum atomic E-state index is -0.534. The second kappa shape index (κ2) is 7.59. The van der Waals surface area contributed by atoms with E-state index in [4.69, 9.17) is 4.74 Å². The Hall–Kier alpha value is -2.50. The Morgan fingerprint density at radius 2 is 1.92 bits per heavy atom. The third kappa shape index (κ3) is 4.13. The Morgan fingerprint density at radius 3 is 2.72 bits per heavy atom. The van der Waals surface area contributed by atoms with Crippen LogP contribution in [-0.2, 0) is 9.53 Å². The van der Waals surface area contributed by atoms with Crippen molar-refractivity contribution in [3.63, 3.8) is 0 Å². The van der Waals surface area contributed by atoms with E-state index in [1.165, 1.54) is 6.42 Å². The number of aromatic nitrogens is 2. The Morgan fingerprint density at radius 1 is 1.16 bits per heavy atom. The van der Waals surface area contributed by atoms with Crippen molar-refractivity contribution in [2.24, 2.45) is 11.8 Å². The average molecular weight is 341 g/mol. The molecule has 2 aromatic rings. The van der Waals surface area contributed by atoms with Crippen molar-refractivity contribution in [3.8, 4) is 0 Å². The van der Waals surface area contributed by atoms with Crippen LogP contribution in [0, 0.1) is 11.8 Å². The second-order valence-electron chi connectivity index (χ2n) is 6.78. The quantitative estimate of drug-likeness (QED) is 0.865. The number of esters is 1. The zero-order valence-corrected chi connectivity index (χ0v) is 14.6. The number of hydrogen-bond donors (Lipinski definition) is 1. The lowest BCUT2D eigenvalue weighted by Crippen LogP contribution is -2.45. The van der Waals surface area contributed by atoms with Gasteiger partial charge in [0.15, 0.2) is 6.61 Å². The van der Waals surface area contributed by atoms with Crippen molar-refractivity contribution in [1.82, 2.24) is 15.3 Å². The average Bonchev–Trinajstić information content (AvgIpc) is 2.63. The molecule has 0 radical (unpaired) electrons. The van der Waals surface area contributed by atoms with Gasteiger partial charge < -0.3 is 10.1 Å². The maximum Gasteiger partial charge on any atom is 0.338 e. The first-order chi connectivity index (χ1) is 12.0. The molecular formula is C19H23N3O3. The topological polar surface area (TPSA) is 81.2 Å². The number of rotatable bonds is 4. The fourth-order valence-electron chi connectivity index (χ4n) is 3.34. The van der Waals surface area contributed by atoms with Crippen LogP contribution in [0.3, 0.4) is 0 Å². The van der Waals surface area contributed by atoms with Gasteiger partial charge in [-0.1, -0.05) is 26.7 Å². The van der Waals surface area contributed by atoms with Crippen LogP contribution in [0.25, 0.3) is 11.0 Å². The Kier molecular flexibility index (Phi) is 5.26. The van der Waals surface area contributed by atoms with Gasteiger partial charge in [-0.25, -0.2) is 4.79 Å². The summed E-state index contributed by atoms with van der Waals surface area (Å²) in [5.74, 6) is 0.250. The van der Waals surface area contributed by atoms with Gasteiger partial charge in [-0.05, 0) is 36.5 Å². The number of ether oxygens (including phenoxy) is 1. The fraction of sp³-hybridized carbons (Fsp3) is 0.474. The molecule has 0 aliphatic heterocycles. The summed E-state index contributed by atoms with van der Waals surface area (Å²) in [6, 6.07) is 5.12. The molecule has 132 valence electrons. The van der Waals surface area contributed by atoms with E-state index in [1.54, 1.807) is 30.6 Å². The van der Waals surface area contributed by atoms with Crippen molar-refractivity contribution < 1.29 is 14.3 Å². The number of amides is 1. The first kappa shape index (κ1) is 17.3. The lowest BCUT2D eigenvalue weighted by molar-refractivity contribution is -0.125. The molecule has 25 heavy (non-hydrogen) atoms. The van der Waals surface area contributed by atoms with Crippen molar-refractivity contribution in [2.45, 2.75) is 39.2 Å². The van der Waals surface area contributed by atoms with Crippen LogP contribution < -0.4 is 5.32 Å². The standard InChI is InChI=1S/C19H23N3O3/c1-12-4-3-5-15(13(12)2)22-18(23)11-25-19(24)14-6-7-16-17(10-14)21-9-8-20-16/h6-10,12-13,15H,3-5,11H2,1-2H3,(H,22,23)/t12-,13-,15+/m1/s1. The van der Waals surface area contributed by atoms with Gasteiger partial charge in [-0.15, -0.1) is 0 Å². The van der Waals surface area contributed by atoms with Gasteiger partial charge in [0.1, 0.15) is 0 Å². The summed E-state index contributed by atoms with van der Waals surface area (Å²) < 4.78 is 5.14. The number of nitrogens with one attached hydrogen (secondary N) is 1. The molecule has 1 aliphatic carbocycles. The Bertz CT molecular complexity index is 777. The third-order valence-electron chi connectivity index (χ3n) is 5.09. The highest BCUT2D eigenvalue weighted by atomic mass is 16.5. The molecule has 1 fully saturated rings. The zero-order valence-electron chi connectivity index (χ0n) is 14.6. The molecule has 3 rings (SSSR count). The SMILES string of the molecule is C[C@@H]1[C@H](C)CCC[C@@H]1NC(=O)COC(=O)c1ccc2nccnc2c1. The van der Waals surface area contributed by atoms with Crippen molar-refractivity contribution in [2.75, 3.05) is 6.61 Å². The summed E-state index contributed by atoms with van der Waals surface area (Å²) in [6.45, 7) is 4.11. The normalized spacial score (nSPS) is 23.2. The molecule has 1 amide bonds. The number of fused-ring (bicyclic) bond motifs is 1. The molecule has 1 heterocycles. The summed E-state index contributed by atoms with van der Waals surface area (Å²) in [5.41, 5.74) is 1.68. The van der Waals surface area contributed by atoms with E-state index in [0.717, 1.165) is 12.8 Å². The highest BCUT2D eigenvalue weighted by molar-refractivity contribution is 5.94. The summed E-state index contributed by atoms with van der Waals surface area (Å²) >= 11 is 0. The Labute approximate surface area is 147 Å². The van der Waals surface area contributed by atoms with Crippen LogP contribution in [-0.4, -0.2) is 34.5 Å². The molecule has 1 aliphatic rings. The minimum Gasteiger partial charge on any atom is -0.452 e. The molecule has 0 saturated heterocycles. The van der Waals surface area contributed by atoms with Crippen molar-refractivity contribution >= 4 is 22.9 Å². The van der Waals surface area contributed by atoms with Gasteiger partial charge in [-0.3, -0.25) is 14.8 Å². The lowest BCUT2D eigenvalue weighted by Gasteiger charge is -2.34. The minimum absolute atomic E-state index is 0.158.